The van der Waals surface area contributed by atoms with Crippen molar-refractivity contribution in [3.63, 3.8) is 0 Å². The SMILES string of the molecule is Clc1ccc(CNC2CCN(c3ncccn3)CC2)cc1. The minimum Gasteiger partial charge on any atom is -0.341 e. The molecule has 3 rings (SSSR count). The van der Waals surface area contributed by atoms with Crippen LogP contribution in [0.25, 0.3) is 0 Å². The number of rotatable bonds is 4. The van der Waals surface area contributed by atoms with Gasteiger partial charge in [-0.15, -0.1) is 0 Å². The zero-order valence-corrected chi connectivity index (χ0v) is 12.6. The highest BCUT2D eigenvalue weighted by molar-refractivity contribution is 6.30. The van der Waals surface area contributed by atoms with Gasteiger partial charge in [0.15, 0.2) is 0 Å². The zero-order chi connectivity index (χ0) is 14.5. The van der Waals surface area contributed by atoms with Gasteiger partial charge in [-0.3, -0.25) is 0 Å². The van der Waals surface area contributed by atoms with Crippen LogP contribution >= 0.6 is 11.6 Å². The maximum Gasteiger partial charge on any atom is 0.225 e. The minimum absolute atomic E-state index is 0.556. The fourth-order valence-electron chi connectivity index (χ4n) is 2.60. The van der Waals surface area contributed by atoms with Crippen LogP contribution in [-0.2, 0) is 6.54 Å². The molecule has 1 saturated heterocycles. The van der Waals surface area contributed by atoms with Gasteiger partial charge in [-0.25, -0.2) is 9.97 Å². The third kappa shape index (κ3) is 3.93. The topological polar surface area (TPSA) is 41.0 Å². The molecule has 21 heavy (non-hydrogen) atoms. The van der Waals surface area contributed by atoms with E-state index in [-0.39, 0.29) is 0 Å². The fourth-order valence-corrected chi connectivity index (χ4v) is 2.73. The second-order valence-corrected chi connectivity index (χ2v) is 5.75. The summed E-state index contributed by atoms with van der Waals surface area (Å²) in [6, 6.07) is 10.4. The molecule has 0 radical (unpaired) electrons. The number of nitrogens with one attached hydrogen (secondary N) is 1. The van der Waals surface area contributed by atoms with Crippen LogP contribution in [0.3, 0.4) is 0 Å². The Labute approximate surface area is 130 Å². The molecular formula is C16H19ClN4. The smallest absolute Gasteiger partial charge is 0.225 e. The van der Waals surface area contributed by atoms with Crippen molar-refractivity contribution in [1.29, 1.82) is 0 Å². The molecule has 1 aromatic heterocycles. The Bertz CT molecular complexity index is 550. The number of aromatic nitrogens is 2. The first-order chi connectivity index (χ1) is 10.3. The molecule has 0 atom stereocenters. The molecular weight excluding hydrogens is 284 g/mol. The predicted molar refractivity (Wildman–Crippen MR) is 85.6 cm³/mol. The van der Waals surface area contributed by atoms with Gasteiger partial charge in [-0.1, -0.05) is 23.7 Å². The lowest BCUT2D eigenvalue weighted by Gasteiger charge is -2.32. The Balaban J connectivity index is 1.47. The number of halogens is 1. The van der Waals surface area contributed by atoms with Gasteiger partial charge in [0.2, 0.25) is 5.95 Å². The summed E-state index contributed by atoms with van der Waals surface area (Å²) in [7, 11) is 0. The molecule has 4 nitrogen and oxygen atoms in total. The van der Waals surface area contributed by atoms with E-state index in [2.05, 4.69) is 32.3 Å². The molecule has 2 heterocycles. The van der Waals surface area contributed by atoms with E-state index < -0.39 is 0 Å². The van der Waals surface area contributed by atoms with Crippen molar-refractivity contribution in [1.82, 2.24) is 15.3 Å². The van der Waals surface area contributed by atoms with Crippen molar-refractivity contribution in [2.24, 2.45) is 0 Å². The Morgan fingerprint density at radius 1 is 1.10 bits per heavy atom. The maximum atomic E-state index is 5.90. The Morgan fingerprint density at radius 2 is 1.76 bits per heavy atom. The lowest BCUT2D eigenvalue weighted by molar-refractivity contribution is 0.411. The van der Waals surface area contributed by atoms with E-state index in [4.69, 9.17) is 11.6 Å². The number of nitrogens with zero attached hydrogens (tertiary/aromatic N) is 3. The van der Waals surface area contributed by atoms with Gasteiger partial charge in [-0.05, 0) is 36.6 Å². The van der Waals surface area contributed by atoms with Gasteiger partial charge in [0, 0.05) is 43.1 Å². The number of anilines is 1. The van der Waals surface area contributed by atoms with Gasteiger partial charge in [0.25, 0.3) is 0 Å². The number of piperidine rings is 1. The zero-order valence-electron chi connectivity index (χ0n) is 11.9. The molecule has 0 bridgehead atoms. The first kappa shape index (κ1) is 14.3. The summed E-state index contributed by atoms with van der Waals surface area (Å²) in [6.07, 6.45) is 5.83. The second-order valence-electron chi connectivity index (χ2n) is 5.32. The summed E-state index contributed by atoms with van der Waals surface area (Å²) in [5.74, 6) is 0.841. The van der Waals surface area contributed by atoms with E-state index in [1.54, 1.807) is 12.4 Å². The highest BCUT2D eigenvalue weighted by Crippen LogP contribution is 2.16. The van der Waals surface area contributed by atoms with Crippen LogP contribution < -0.4 is 10.2 Å². The third-order valence-electron chi connectivity index (χ3n) is 3.84. The summed E-state index contributed by atoms with van der Waals surface area (Å²) in [5, 5.41) is 4.41. The fraction of sp³-hybridized carbons (Fsp3) is 0.375. The molecule has 0 aliphatic carbocycles. The molecule has 110 valence electrons. The molecule has 0 unspecified atom stereocenters. The van der Waals surface area contributed by atoms with Crippen LogP contribution in [0.2, 0.25) is 5.02 Å². The normalized spacial score (nSPS) is 16.1. The van der Waals surface area contributed by atoms with E-state index in [0.29, 0.717) is 6.04 Å². The van der Waals surface area contributed by atoms with E-state index in [9.17, 15) is 0 Å². The van der Waals surface area contributed by atoms with Gasteiger partial charge in [0.1, 0.15) is 0 Å². The highest BCUT2D eigenvalue weighted by Gasteiger charge is 2.20. The Morgan fingerprint density at radius 3 is 2.43 bits per heavy atom. The highest BCUT2D eigenvalue weighted by atomic mass is 35.5. The molecule has 0 saturated carbocycles. The summed E-state index contributed by atoms with van der Waals surface area (Å²) in [6.45, 7) is 2.90. The van der Waals surface area contributed by atoms with Crippen LogP contribution in [0.4, 0.5) is 5.95 Å². The van der Waals surface area contributed by atoms with Crippen molar-refractivity contribution >= 4 is 17.5 Å². The van der Waals surface area contributed by atoms with Crippen molar-refractivity contribution in [3.8, 4) is 0 Å². The number of hydrogen-bond acceptors (Lipinski definition) is 4. The Hall–Kier alpha value is -1.65. The average Bonchev–Trinajstić information content (AvgIpc) is 2.56. The summed E-state index contributed by atoms with van der Waals surface area (Å²) in [5.41, 5.74) is 1.27. The molecule has 1 N–H and O–H groups in total. The van der Waals surface area contributed by atoms with Crippen molar-refractivity contribution in [2.75, 3.05) is 18.0 Å². The van der Waals surface area contributed by atoms with Crippen LogP contribution in [0.15, 0.2) is 42.7 Å². The van der Waals surface area contributed by atoms with E-state index in [1.807, 2.05) is 18.2 Å². The molecule has 0 amide bonds. The van der Waals surface area contributed by atoms with Crippen LogP contribution in [0, 0.1) is 0 Å². The molecule has 2 aromatic rings. The van der Waals surface area contributed by atoms with E-state index in [0.717, 1.165) is 43.4 Å². The Kier molecular flexibility index (Phi) is 4.68. The van der Waals surface area contributed by atoms with Crippen molar-refractivity contribution in [2.45, 2.75) is 25.4 Å². The molecule has 1 aliphatic heterocycles. The van der Waals surface area contributed by atoms with Gasteiger partial charge < -0.3 is 10.2 Å². The van der Waals surface area contributed by atoms with Crippen molar-refractivity contribution < 1.29 is 0 Å². The average molecular weight is 303 g/mol. The second kappa shape index (κ2) is 6.87. The van der Waals surface area contributed by atoms with Crippen LogP contribution in [-0.4, -0.2) is 29.1 Å². The first-order valence-electron chi connectivity index (χ1n) is 7.31. The standard InChI is InChI=1S/C16H19ClN4/c17-14-4-2-13(3-5-14)12-20-15-6-10-21(11-7-15)16-18-8-1-9-19-16/h1-5,8-9,15,20H,6-7,10-12H2. The largest absolute Gasteiger partial charge is 0.341 e. The molecule has 1 fully saturated rings. The number of benzene rings is 1. The van der Waals surface area contributed by atoms with E-state index in [1.165, 1.54) is 5.56 Å². The molecule has 5 heteroatoms. The van der Waals surface area contributed by atoms with Gasteiger partial charge in [-0.2, -0.15) is 0 Å². The monoisotopic (exact) mass is 302 g/mol. The lowest BCUT2D eigenvalue weighted by atomic mass is 10.0. The number of hydrogen-bond donors (Lipinski definition) is 1. The summed E-state index contributed by atoms with van der Waals surface area (Å²) >= 11 is 5.90. The predicted octanol–water partition coefficient (Wildman–Crippen LogP) is 2.89. The molecule has 1 aliphatic rings. The van der Waals surface area contributed by atoms with Crippen LogP contribution in [0.5, 0.6) is 0 Å². The van der Waals surface area contributed by atoms with Crippen LogP contribution in [0.1, 0.15) is 18.4 Å². The molecule has 1 aromatic carbocycles. The first-order valence-corrected chi connectivity index (χ1v) is 7.69. The lowest BCUT2D eigenvalue weighted by Crippen LogP contribution is -2.42. The molecule has 0 spiro atoms. The summed E-state index contributed by atoms with van der Waals surface area (Å²) in [4.78, 5) is 10.9. The third-order valence-corrected chi connectivity index (χ3v) is 4.09. The van der Waals surface area contributed by atoms with E-state index >= 15 is 0 Å². The quantitative estimate of drug-likeness (QED) is 0.943. The summed E-state index contributed by atoms with van der Waals surface area (Å²) < 4.78 is 0. The maximum absolute atomic E-state index is 5.90. The minimum atomic E-state index is 0.556. The van der Waals surface area contributed by atoms with Gasteiger partial charge >= 0.3 is 0 Å². The van der Waals surface area contributed by atoms with Gasteiger partial charge in [0.05, 0.1) is 0 Å². The van der Waals surface area contributed by atoms with Crippen molar-refractivity contribution in [3.05, 3.63) is 53.3 Å².